The first kappa shape index (κ1) is 13.8. The van der Waals surface area contributed by atoms with E-state index in [1.165, 1.54) is 0 Å². The highest BCUT2D eigenvalue weighted by molar-refractivity contribution is 5.71. The zero-order valence-corrected chi connectivity index (χ0v) is 11.6. The van der Waals surface area contributed by atoms with Gasteiger partial charge >= 0.3 is 11.7 Å². The number of hydrogen-bond acceptors (Lipinski definition) is 3. The summed E-state index contributed by atoms with van der Waals surface area (Å²) in [6.45, 7) is 5.96. The minimum Gasteiger partial charge on any atom is -0.481 e. The van der Waals surface area contributed by atoms with E-state index in [4.69, 9.17) is 5.11 Å². The van der Waals surface area contributed by atoms with Crippen molar-refractivity contribution in [3.8, 4) is 0 Å². The van der Waals surface area contributed by atoms with Crippen molar-refractivity contribution in [3.05, 3.63) is 27.4 Å². The molecule has 0 bridgehead atoms. The molecule has 1 aromatic heterocycles. The molecule has 19 heavy (non-hydrogen) atoms. The number of hydrogen-bond donors (Lipinski definition) is 1. The lowest BCUT2D eigenvalue weighted by atomic mass is 10.0. The number of nitrogens with zero attached hydrogens (tertiary/aromatic N) is 2. The van der Waals surface area contributed by atoms with Gasteiger partial charge in [-0.05, 0) is 25.2 Å². The molecule has 1 fully saturated rings. The number of carbonyl (C=O) groups is 1. The maximum atomic E-state index is 12.1. The number of aromatic nitrogens is 2. The van der Waals surface area contributed by atoms with E-state index in [2.05, 4.69) is 11.9 Å². The first-order chi connectivity index (χ1) is 8.99. The van der Waals surface area contributed by atoms with Gasteiger partial charge in [-0.15, -0.1) is 0 Å². The number of carboxylic acids is 1. The third kappa shape index (κ3) is 2.55. The van der Waals surface area contributed by atoms with Gasteiger partial charge in [-0.1, -0.05) is 20.8 Å². The normalized spacial score (nSPS) is 21.4. The predicted molar refractivity (Wildman–Crippen MR) is 71.4 cm³/mol. The summed E-state index contributed by atoms with van der Waals surface area (Å²) in [4.78, 5) is 27.3. The molecule has 0 aromatic carbocycles. The molecule has 0 spiro atoms. The second kappa shape index (κ2) is 5.15. The highest BCUT2D eigenvalue weighted by Gasteiger charge is 2.37. The molecule has 1 aromatic rings. The fourth-order valence-corrected chi connectivity index (χ4v) is 2.70. The van der Waals surface area contributed by atoms with Crippen LogP contribution in [-0.4, -0.2) is 20.6 Å². The van der Waals surface area contributed by atoms with Crippen LogP contribution < -0.4 is 5.69 Å². The third-order valence-electron chi connectivity index (χ3n) is 3.82. The second-order valence-electron chi connectivity index (χ2n) is 5.19. The van der Waals surface area contributed by atoms with Gasteiger partial charge in [0.1, 0.15) is 0 Å². The van der Waals surface area contributed by atoms with Gasteiger partial charge in [-0.25, -0.2) is 4.79 Å². The van der Waals surface area contributed by atoms with Gasteiger partial charge in [0.15, 0.2) is 0 Å². The summed E-state index contributed by atoms with van der Waals surface area (Å²) in [7, 11) is 0. The first-order valence-electron chi connectivity index (χ1n) is 6.84. The minimum atomic E-state index is -0.875. The minimum absolute atomic E-state index is 0.0548. The molecule has 5 heteroatoms. The van der Waals surface area contributed by atoms with Crippen LogP contribution in [0.4, 0.5) is 0 Å². The fourth-order valence-electron chi connectivity index (χ4n) is 2.70. The largest absolute Gasteiger partial charge is 0.481 e. The molecule has 5 nitrogen and oxygen atoms in total. The molecular formula is C14H20N2O3. The van der Waals surface area contributed by atoms with Crippen LogP contribution >= 0.6 is 0 Å². The summed E-state index contributed by atoms with van der Waals surface area (Å²) < 4.78 is 1.72. The van der Waals surface area contributed by atoms with Gasteiger partial charge in [0.2, 0.25) is 0 Å². The number of aliphatic carboxylic acids is 1. The third-order valence-corrected chi connectivity index (χ3v) is 3.82. The standard InChI is InChI=1S/C14H20N2O3/c1-4-10-9(7-13(17)18)11(5-2)16(14(19)15-10)12-6-8(12)3/h8,12H,4-7H2,1-3H3,(H,17,18). The molecule has 0 radical (unpaired) electrons. The van der Waals surface area contributed by atoms with Crippen LogP contribution in [0.15, 0.2) is 4.79 Å². The van der Waals surface area contributed by atoms with Crippen molar-refractivity contribution in [2.75, 3.05) is 0 Å². The fraction of sp³-hybridized carbons (Fsp3) is 0.643. The zero-order chi connectivity index (χ0) is 14.2. The van der Waals surface area contributed by atoms with E-state index >= 15 is 0 Å². The Hall–Kier alpha value is -1.65. The van der Waals surface area contributed by atoms with Gasteiger partial charge in [-0.3, -0.25) is 9.36 Å². The van der Waals surface area contributed by atoms with Crippen molar-refractivity contribution < 1.29 is 9.90 Å². The van der Waals surface area contributed by atoms with Gasteiger partial charge in [0, 0.05) is 17.3 Å². The Morgan fingerprint density at radius 1 is 1.42 bits per heavy atom. The van der Waals surface area contributed by atoms with E-state index in [0.717, 1.165) is 17.7 Å². The average Bonchev–Trinajstić information content (AvgIpc) is 3.06. The lowest BCUT2D eigenvalue weighted by Gasteiger charge is -2.17. The Bertz CT molecular complexity index is 563. The number of aryl methyl sites for hydroxylation is 1. The quantitative estimate of drug-likeness (QED) is 0.876. The van der Waals surface area contributed by atoms with E-state index in [0.29, 0.717) is 24.5 Å². The zero-order valence-electron chi connectivity index (χ0n) is 11.6. The molecule has 2 atom stereocenters. The van der Waals surface area contributed by atoms with E-state index in [-0.39, 0.29) is 18.2 Å². The maximum absolute atomic E-state index is 12.1. The SMILES string of the molecule is CCc1nc(=O)n(C2CC2C)c(CC)c1CC(=O)O. The summed E-state index contributed by atoms with van der Waals surface area (Å²) in [5.74, 6) is -0.393. The van der Waals surface area contributed by atoms with Crippen LogP contribution in [0.5, 0.6) is 0 Å². The highest BCUT2D eigenvalue weighted by Crippen LogP contribution is 2.42. The lowest BCUT2D eigenvalue weighted by Crippen LogP contribution is -2.30. The molecule has 1 N–H and O–H groups in total. The van der Waals surface area contributed by atoms with Crippen molar-refractivity contribution in [1.82, 2.24) is 9.55 Å². The van der Waals surface area contributed by atoms with Crippen molar-refractivity contribution in [1.29, 1.82) is 0 Å². The predicted octanol–water partition coefficient (Wildman–Crippen LogP) is 1.58. The van der Waals surface area contributed by atoms with Crippen LogP contribution in [0.3, 0.4) is 0 Å². The first-order valence-corrected chi connectivity index (χ1v) is 6.84. The van der Waals surface area contributed by atoms with E-state index in [9.17, 15) is 9.59 Å². The molecule has 2 rings (SSSR count). The summed E-state index contributed by atoms with van der Waals surface area (Å²) in [5, 5.41) is 9.06. The molecule has 0 aliphatic heterocycles. The molecule has 0 amide bonds. The second-order valence-corrected chi connectivity index (χ2v) is 5.19. The Morgan fingerprint density at radius 3 is 2.47 bits per heavy atom. The summed E-state index contributed by atoms with van der Waals surface area (Å²) in [6, 6.07) is 0.202. The Morgan fingerprint density at radius 2 is 2.05 bits per heavy atom. The van der Waals surface area contributed by atoms with Gasteiger partial charge in [-0.2, -0.15) is 4.98 Å². The highest BCUT2D eigenvalue weighted by atomic mass is 16.4. The maximum Gasteiger partial charge on any atom is 0.348 e. The summed E-state index contributed by atoms with van der Waals surface area (Å²) >= 11 is 0. The Labute approximate surface area is 112 Å². The van der Waals surface area contributed by atoms with Crippen LogP contribution in [0.25, 0.3) is 0 Å². The van der Waals surface area contributed by atoms with Crippen molar-refractivity contribution >= 4 is 5.97 Å². The van der Waals surface area contributed by atoms with Crippen LogP contribution in [-0.2, 0) is 24.1 Å². The monoisotopic (exact) mass is 264 g/mol. The molecule has 1 saturated carbocycles. The molecule has 104 valence electrons. The Balaban J connectivity index is 2.61. The van der Waals surface area contributed by atoms with E-state index in [1.807, 2.05) is 13.8 Å². The molecule has 0 saturated heterocycles. The summed E-state index contributed by atoms with van der Waals surface area (Å²) in [6.07, 6.45) is 2.18. The number of rotatable bonds is 5. The molecule has 1 aliphatic carbocycles. The van der Waals surface area contributed by atoms with Crippen LogP contribution in [0.1, 0.15) is 50.2 Å². The van der Waals surface area contributed by atoms with Crippen LogP contribution in [0, 0.1) is 5.92 Å². The lowest BCUT2D eigenvalue weighted by molar-refractivity contribution is -0.136. The van der Waals surface area contributed by atoms with Crippen LogP contribution in [0.2, 0.25) is 0 Å². The molecule has 1 aliphatic rings. The van der Waals surface area contributed by atoms with E-state index < -0.39 is 5.97 Å². The Kier molecular flexibility index (Phi) is 3.73. The molecular weight excluding hydrogens is 244 g/mol. The van der Waals surface area contributed by atoms with Crippen molar-refractivity contribution in [3.63, 3.8) is 0 Å². The van der Waals surface area contributed by atoms with Gasteiger partial charge in [0.25, 0.3) is 0 Å². The van der Waals surface area contributed by atoms with Crippen molar-refractivity contribution in [2.24, 2.45) is 5.92 Å². The average molecular weight is 264 g/mol. The van der Waals surface area contributed by atoms with Gasteiger partial charge < -0.3 is 5.11 Å². The molecule has 2 unspecified atom stereocenters. The topological polar surface area (TPSA) is 72.2 Å². The summed E-state index contributed by atoms with van der Waals surface area (Å²) in [5.41, 5.74) is 2.00. The van der Waals surface area contributed by atoms with Gasteiger partial charge in [0.05, 0.1) is 12.1 Å². The smallest absolute Gasteiger partial charge is 0.348 e. The molecule has 1 heterocycles. The van der Waals surface area contributed by atoms with Crippen molar-refractivity contribution in [2.45, 2.75) is 52.5 Å². The van der Waals surface area contributed by atoms with E-state index in [1.54, 1.807) is 4.57 Å². The number of carboxylic acid groups (broad SMARTS) is 1.